The van der Waals surface area contributed by atoms with E-state index >= 15 is 0 Å². The van der Waals surface area contributed by atoms with Crippen molar-refractivity contribution in [2.45, 2.75) is 51.6 Å². The zero-order valence-electron chi connectivity index (χ0n) is 10.3. The summed E-state index contributed by atoms with van der Waals surface area (Å²) in [7, 11) is 0. The second-order valence-electron chi connectivity index (χ2n) is 4.85. The molecule has 1 aromatic heterocycles. The van der Waals surface area contributed by atoms with Gasteiger partial charge in [0.1, 0.15) is 0 Å². The predicted octanol–water partition coefficient (Wildman–Crippen LogP) is 3.31. The smallest absolute Gasteiger partial charge is 0.0570 e. The summed E-state index contributed by atoms with van der Waals surface area (Å²) >= 11 is 0. The standard InChI is InChI=1S/C14H22N2/c1-3-12-7-6-9-14(12)16-11(2)13-8-4-5-10-15-13/h4-5,8,10-12,14,16H,3,6-7,9H2,1-2H3/t11-,12+,14+/m0/s1. The van der Waals surface area contributed by atoms with Gasteiger partial charge in [-0.05, 0) is 37.8 Å². The Labute approximate surface area is 98.5 Å². The minimum Gasteiger partial charge on any atom is -0.306 e. The molecule has 2 nitrogen and oxygen atoms in total. The van der Waals surface area contributed by atoms with Gasteiger partial charge in [-0.1, -0.05) is 25.8 Å². The molecule has 0 saturated heterocycles. The number of pyridine rings is 1. The van der Waals surface area contributed by atoms with Gasteiger partial charge in [0.25, 0.3) is 0 Å². The molecule has 3 atom stereocenters. The van der Waals surface area contributed by atoms with Crippen LogP contribution in [0.15, 0.2) is 24.4 Å². The lowest BCUT2D eigenvalue weighted by Gasteiger charge is -2.24. The highest BCUT2D eigenvalue weighted by Crippen LogP contribution is 2.29. The van der Waals surface area contributed by atoms with E-state index in [0.717, 1.165) is 11.6 Å². The minimum atomic E-state index is 0.373. The van der Waals surface area contributed by atoms with E-state index in [4.69, 9.17) is 0 Å². The molecule has 0 amide bonds. The number of rotatable bonds is 4. The van der Waals surface area contributed by atoms with E-state index in [9.17, 15) is 0 Å². The van der Waals surface area contributed by atoms with Gasteiger partial charge >= 0.3 is 0 Å². The van der Waals surface area contributed by atoms with Crippen LogP contribution in [0.2, 0.25) is 0 Å². The van der Waals surface area contributed by atoms with Crippen molar-refractivity contribution < 1.29 is 0 Å². The highest BCUT2D eigenvalue weighted by Gasteiger charge is 2.26. The maximum Gasteiger partial charge on any atom is 0.0570 e. The number of hydrogen-bond acceptors (Lipinski definition) is 2. The Bertz CT molecular complexity index is 310. The Kier molecular flexibility index (Phi) is 3.94. The molecular weight excluding hydrogens is 196 g/mol. The van der Waals surface area contributed by atoms with Gasteiger partial charge in [-0.25, -0.2) is 0 Å². The van der Waals surface area contributed by atoms with Gasteiger partial charge in [-0.2, -0.15) is 0 Å². The topological polar surface area (TPSA) is 24.9 Å². The lowest BCUT2D eigenvalue weighted by molar-refractivity contribution is 0.357. The molecule has 0 unspecified atom stereocenters. The van der Waals surface area contributed by atoms with Crippen LogP contribution in [0.1, 0.15) is 51.3 Å². The van der Waals surface area contributed by atoms with Crippen molar-refractivity contribution in [3.63, 3.8) is 0 Å². The van der Waals surface area contributed by atoms with Crippen LogP contribution in [-0.2, 0) is 0 Å². The normalized spacial score (nSPS) is 26.9. The first-order valence-corrected chi connectivity index (χ1v) is 6.48. The molecule has 16 heavy (non-hydrogen) atoms. The van der Waals surface area contributed by atoms with Crippen LogP contribution in [-0.4, -0.2) is 11.0 Å². The molecule has 1 aliphatic rings. The monoisotopic (exact) mass is 218 g/mol. The van der Waals surface area contributed by atoms with E-state index < -0.39 is 0 Å². The van der Waals surface area contributed by atoms with Crippen molar-refractivity contribution in [2.75, 3.05) is 0 Å². The fourth-order valence-electron chi connectivity index (χ4n) is 2.78. The van der Waals surface area contributed by atoms with Crippen LogP contribution < -0.4 is 5.32 Å². The largest absolute Gasteiger partial charge is 0.306 e. The van der Waals surface area contributed by atoms with Gasteiger partial charge in [0, 0.05) is 18.3 Å². The molecule has 0 aliphatic heterocycles. The number of hydrogen-bond donors (Lipinski definition) is 1. The van der Waals surface area contributed by atoms with Crippen LogP contribution in [0.3, 0.4) is 0 Å². The molecule has 1 aliphatic carbocycles. The second-order valence-corrected chi connectivity index (χ2v) is 4.85. The van der Waals surface area contributed by atoms with Crippen molar-refractivity contribution in [3.05, 3.63) is 30.1 Å². The molecule has 0 bridgehead atoms. The van der Waals surface area contributed by atoms with Crippen LogP contribution in [0.25, 0.3) is 0 Å². The fourth-order valence-corrected chi connectivity index (χ4v) is 2.78. The number of aromatic nitrogens is 1. The maximum absolute atomic E-state index is 4.41. The zero-order valence-corrected chi connectivity index (χ0v) is 10.3. The Morgan fingerprint density at radius 1 is 1.44 bits per heavy atom. The number of nitrogens with one attached hydrogen (secondary N) is 1. The van der Waals surface area contributed by atoms with Crippen molar-refractivity contribution in [1.82, 2.24) is 10.3 Å². The van der Waals surface area contributed by atoms with E-state index in [0.29, 0.717) is 12.1 Å². The maximum atomic E-state index is 4.41. The van der Waals surface area contributed by atoms with Crippen molar-refractivity contribution >= 4 is 0 Å². The van der Waals surface area contributed by atoms with Gasteiger partial charge in [0.2, 0.25) is 0 Å². The third-order valence-electron chi connectivity index (χ3n) is 3.78. The molecule has 1 fully saturated rings. The summed E-state index contributed by atoms with van der Waals surface area (Å²) in [5, 5.41) is 3.73. The van der Waals surface area contributed by atoms with Crippen LogP contribution in [0.4, 0.5) is 0 Å². The summed E-state index contributed by atoms with van der Waals surface area (Å²) in [5.74, 6) is 0.867. The van der Waals surface area contributed by atoms with Gasteiger partial charge in [0.15, 0.2) is 0 Å². The van der Waals surface area contributed by atoms with Gasteiger partial charge in [-0.3, -0.25) is 4.98 Å². The Hall–Kier alpha value is -0.890. The molecule has 1 N–H and O–H groups in total. The second kappa shape index (κ2) is 5.44. The summed E-state index contributed by atoms with van der Waals surface area (Å²) in [4.78, 5) is 4.41. The molecule has 88 valence electrons. The van der Waals surface area contributed by atoms with E-state index in [1.165, 1.54) is 25.7 Å². The summed E-state index contributed by atoms with van der Waals surface area (Å²) in [6.07, 6.45) is 7.27. The third-order valence-corrected chi connectivity index (χ3v) is 3.78. The molecule has 0 spiro atoms. The average Bonchev–Trinajstić information content (AvgIpc) is 2.77. The van der Waals surface area contributed by atoms with Crippen LogP contribution in [0, 0.1) is 5.92 Å². The average molecular weight is 218 g/mol. The summed E-state index contributed by atoms with van der Waals surface area (Å²) in [5.41, 5.74) is 1.16. The Balaban J connectivity index is 1.94. The van der Waals surface area contributed by atoms with Crippen molar-refractivity contribution in [1.29, 1.82) is 0 Å². The molecule has 2 heteroatoms. The van der Waals surface area contributed by atoms with Crippen molar-refractivity contribution in [2.24, 2.45) is 5.92 Å². The summed E-state index contributed by atoms with van der Waals surface area (Å²) in [6, 6.07) is 7.21. The SMILES string of the molecule is CC[C@@H]1CCC[C@H]1N[C@@H](C)c1ccccn1. The molecule has 1 saturated carbocycles. The first-order valence-electron chi connectivity index (χ1n) is 6.48. The molecule has 0 radical (unpaired) electrons. The first-order chi connectivity index (χ1) is 7.81. The molecule has 1 aromatic rings. The van der Waals surface area contributed by atoms with Crippen LogP contribution in [0.5, 0.6) is 0 Å². The van der Waals surface area contributed by atoms with Gasteiger partial charge in [0.05, 0.1) is 5.69 Å². The minimum absolute atomic E-state index is 0.373. The summed E-state index contributed by atoms with van der Waals surface area (Å²) < 4.78 is 0. The highest BCUT2D eigenvalue weighted by molar-refractivity contribution is 5.08. The van der Waals surface area contributed by atoms with Gasteiger partial charge < -0.3 is 5.32 Å². The number of nitrogens with zero attached hydrogens (tertiary/aromatic N) is 1. The Morgan fingerprint density at radius 3 is 3.00 bits per heavy atom. The molecule has 1 heterocycles. The van der Waals surface area contributed by atoms with E-state index in [2.05, 4.69) is 36.3 Å². The fraction of sp³-hybridized carbons (Fsp3) is 0.643. The lowest BCUT2D eigenvalue weighted by atomic mass is 9.99. The zero-order chi connectivity index (χ0) is 11.4. The van der Waals surface area contributed by atoms with Crippen molar-refractivity contribution in [3.8, 4) is 0 Å². The molecule has 0 aromatic carbocycles. The Morgan fingerprint density at radius 2 is 2.31 bits per heavy atom. The summed E-state index contributed by atoms with van der Waals surface area (Å²) in [6.45, 7) is 4.52. The van der Waals surface area contributed by atoms with E-state index in [-0.39, 0.29) is 0 Å². The molecule has 2 rings (SSSR count). The predicted molar refractivity (Wildman–Crippen MR) is 67.2 cm³/mol. The van der Waals surface area contributed by atoms with E-state index in [1.54, 1.807) is 0 Å². The molecular formula is C14H22N2. The first kappa shape index (κ1) is 11.6. The van der Waals surface area contributed by atoms with Gasteiger partial charge in [-0.15, -0.1) is 0 Å². The quantitative estimate of drug-likeness (QED) is 0.838. The lowest BCUT2D eigenvalue weighted by Crippen LogP contribution is -2.34. The van der Waals surface area contributed by atoms with Crippen LogP contribution >= 0.6 is 0 Å². The highest BCUT2D eigenvalue weighted by atomic mass is 15.0. The third kappa shape index (κ3) is 2.62. The van der Waals surface area contributed by atoms with E-state index in [1.807, 2.05) is 12.3 Å².